The number of carbonyl (C=O) groups excluding carboxylic acids is 1. The summed E-state index contributed by atoms with van der Waals surface area (Å²) in [5.74, 6) is 0.620. The molecular weight excluding hydrogens is 366 g/mol. The van der Waals surface area contributed by atoms with Crippen LogP contribution < -0.4 is 4.74 Å². The van der Waals surface area contributed by atoms with Gasteiger partial charge in [-0.05, 0) is 75.3 Å². The molecule has 1 saturated carbocycles. The standard InChI is InChI=1S/C24H33NO4/c1-5-28-23(27)24(12-6-7-13-24)16-29-21-11-10-18-14-20(9-8-19(18)15-21)22(26)17(2)25(3)4/h8-11,14-15,17,22,26H,5-7,12-13,16H2,1-4H3. The van der Waals surface area contributed by atoms with Crippen LogP contribution in [0.25, 0.3) is 10.8 Å². The number of aliphatic hydroxyl groups excluding tert-OH is 1. The number of likely N-dealkylation sites (N-methyl/N-ethyl adjacent to an activating group) is 1. The van der Waals surface area contributed by atoms with Crippen molar-refractivity contribution in [3.05, 3.63) is 42.0 Å². The molecule has 0 spiro atoms. The monoisotopic (exact) mass is 399 g/mol. The lowest BCUT2D eigenvalue weighted by Crippen LogP contribution is -2.36. The Morgan fingerprint density at radius 1 is 1.14 bits per heavy atom. The lowest BCUT2D eigenvalue weighted by Gasteiger charge is -2.26. The van der Waals surface area contributed by atoms with Gasteiger partial charge in [0, 0.05) is 6.04 Å². The van der Waals surface area contributed by atoms with Gasteiger partial charge in [-0.2, -0.15) is 0 Å². The van der Waals surface area contributed by atoms with E-state index in [1.807, 2.05) is 69.2 Å². The summed E-state index contributed by atoms with van der Waals surface area (Å²) in [6.07, 6.45) is 3.18. The van der Waals surface area contributed by atoms with E-state index in [4.69, 9.17) is 9.47 Å². The molecule has 0 aromatic heterocycles. The van der Waals surface area contributed by atoms with Gasteiger partial charge < -0.3 is 19.5 Å². The van der Waals surface area contributed by atoms with E-state index >= 15 is 0 Å². The van der Waals surface area contributed by atoms with E-state index in [0.717, 1.165) is 47.8 Å². The first-order chi connectivity index (χ1) is 13.9. The maximum Gasteiger partial charge on any atom is 0.315 e. The summed E-state index contributed by atoms with van der Waals surface area (Å²) in [4.78, 5) is 14.5. The van der Waals surface area contributed by atoms with Crippen molar-refractivity contribution in [3.8, 4) is 5.75 Å². The SMILES string of the molecule is CCOC(=O)C1(COc2ccc3cc(C(O)C(C)N(C)C)ccc3c2)CCCC1. The van der Waals surface area contributed by atoms with Crippen molar-refractivity contribution in [2.75, 3.05) is 27.3 Å². The second kappa shape index (κ2) is 9.14. The number of benzene rings is 2. The van der Waals surface area contributed by atoms with Crippen LogP contribution in [0.5, 0.6) is 5.75 Å². The summed E-state index contributed by atoms with van der Waals surface area (Å²) >= 11 is 0. The second-order valence-electron chi connectivity index (χ2n) is 8.41. The van der Waals surface area contributed by atoms with E-state index in [1.54, 1.807) is 0 Å². The Balaban J connectivity index is 1.74. The Morgan fingerprint density at radius 3 is 2.45 bits per heavy atom. The summed E-state index contributed by atoms with van der Waals surface area (Å²) < 4.78 is 11.4. The van der Waals surface area contributed by atoms with Crippen molar-refractivity contribution in [2.24, 2.45) is 5.41 Å². The van der Waals surface area contributed by atoms with Crippen LogP contribution in [0, 0.1) is 5.41 Å². The summed E-state index contributed by atoms with van der Waals surface area (Å²) in [5, 5.41) is 12.7. The fourth-order valence-electron chi connectivity index (χ4n) is 4.04. The highest BCUT2D eigenvalue weighted by molar-refractivity contribution is 5.84. The number of hydrogen-bond acceptors (Lipinski definition) is 5. The molecule has 0 radical (unpaired) electrons. The van der Waals surface area contributed by atoms with Crippen LogP contribution in [0.1, 0.15) is 51.2 Å². The molecule has 0 aliphatic heterocycles. The third kappa shape index (κ3) is 4.73. The fourth-order valence-corrected chi connectivity index (χ4v) is 4.04. The van der Waals surface area contributed by atoms with Gasteiger partial charge in [0.15, 0.2) is 0 Å². The number of hydrogen-bond donors (Lipinski definition) is 1. The predicted molar refractivity (Wildman–Crippen MR) is 115 cm³/mol. The highest BCUT2D eigenvalue weighted by Gasteiger charge is 2.43. The van der Waals surface area contributed by atoms with Crippen molar-refractivity contribution in [1.29, 1.82) is 0 Å². The van der Waals surface area contributed by atoms with Crippen molar-refractivity contribution in [2.45, 2.75) is 51.7 Å². The quantitative estimate of drug-likeness (QED) is 0.670. The number of aliphatic hydroxyl groups is 1. The highest BCUT2D eigenvalue weighted by atomic mass is 16.5. The summed E-state index contributed by atoms with van der Waals surface area (Å²) in [6.45, 7) is 4.61. The number of rotatable bonds is 8. The first-order valence-electron chi connectivity index (χ1n) is 10.5. The normalized spacial score (nSPS) is 18.0. The van der Waals surface area contributed by atoms with Gasteiger partial charge in [-0.15, -0.1) is 0 Å². The minimum absolute atomic E-state index is 0.0283. The zero-order valence-electron chi connectivity index (χ0n) is 18.0. The van der Waals surface area contributed by atoms with Gasteiger partial charge in [0.2, 0.25) is 0 Å². The van der Waals surface area contributed by atoms with Crippen molar-refractivity contribution in [1.82, 2.24) is 4.90 Å². The maximum atomic E-state index is 12.5. The molecule has 3 rings (SSSR count). The number of carbonyl (C=O) groups is 1. The average Bonchev–Trinajstić information content (AvgIpc) is 3.21. The van der Waals surface area contributed by atoms with Gasteiger partial charge >= 0.3 is 5.97 Å². The highest BCUT2D eigenvalue weighted by Crippen LogP contribution is 2.40. The van der Waals surface area contributed by atoms with Crippen LogP contribution in [0.4, 0.5) is 0 Å². The topological polar surface area (TPSA) is 59.0 Å². The van der Waals surface area contributed by atoms with E-state index in [9.17, 15) is 9.90 Å². The molecule has 1 aliphatic rings. The zero-order valence-corrected chi connectivity index (χ0v) is 18.0. The van der Waals surface area contributed by atoms with Gasteiger partial charge in [0.1, 0.15) is 17.8 Å². The van der Waals surface area contributed by atoms with E-state index in [-0.39, 0.29) is 12.0 Å². The predicted octanol–water partition coefficient (Wildman–Crippen LogP) is 4.33. The van der Waals surface area contributed by atoms with E-state index in [0.29, 0.717) is 13.2 Å². The van der Waals surface area contributed by atoms with Crippen molar-refractivity contribution in [3.63, 3.8) is 0 Å². The smallest absolute Gasteiger partial charge is 0.315 e. The molecule has 2 unspecified atom stereocenters. The zero-order chi connectivity index (χ0) is 21.0. The number of ether oxygens (including phenoxy) is 2. The van der Waals surface area contributed by atoms with Crippen molar-refractivity contribution < 1.29 is 19.4 Å². The largest absolute Gasteiger partial charge is 0.492 e. The average molecular weight is 400 g/mol. The Morgan fingerprint density at radius 2 is 1.79 bits per heavy atom. The van der Waals surface area contributed by atoms with Crippen LogP contribution in [0.3, 0.4) is 0 Å². The van der Waals surface area contributed by atoms with Crippen LogP contribution in [0.15, 0.2) is 36.4 Å². The van der Waals surface area contributed by atoms with E-state index in [1.165, 1.54) is 0 Å². The molecule has 1 fully saturated rings. The lowest BCUT2D eigenvalue weighted by molar-refractivity contribution is -0.157. The molecule has 0 amide bonds. The fraction of sp³-hybridized carbons (Fsp3) is 0.542. The Kier molecular flexibility index (Phi) is 6.81. The molecule has 2 atom stereocenters. The molecule has 1 aliphatic carbocycles. The Labute approximate surface area is 173 Å². The van der Waals surface area contributed by atoms with Gasteiger partial charge in [0.25, 0.3) is 0 Å². The first-order valence-corrected chi connectivity index (χ1v) is 10.5. The molecule has 2 aromatic rings. The summed E-state index contributed by atoms with van der Waals surface area (Å²) in [5.41, 5.74) is 0.390. The minimum atomic E-state index is -0.544. The first kappa shape index (κ1) is 21.6. The molecule has 158 valence electrons. The van der Waals surface area contributed by atoms with E-state index < -0.39 is 11.5 Å². The summed E-state index contributed by atoms with van der Waals surface area (Å²) in [7, 11) is 3.93. The number of esters is 1. The third-order valence-corrected chi connectivity index (χ3v) is 6.23. The van der Waals surface area contributed by atoms with E-state index in [2.05, 4.69) is 0 Å². The molecule has 0 bridgehead atoms. The van der Waals surface area contributed by atoms with Gasteiger partial charge in [-0.3, -0.25) is 4.79 Å². The van der Waals surface area contributed by atoms with Gasteiger partial charge in [-0.25, -0.2) is 0 Å². The molecule has 0 heterocycles. The number of fused-ring (bicyclic) bond motifs is 1. The van der Waals surface area contributed by atoms with Gasteiger partial charge in [0.05, 0.1) is 12.7 Å². The van der Waals surface area contributed by atoms with Crippen molar-refractivity contribution >= 4 is 16.7 Å². The lowest BCUT2D eigenvalue weighted by atomic mass is 9.87. The van der Waals surface area contributed by atoms with Crippen LogP contribution >= 0.6 is 0 Å². The summed E-state index contributed by atoms with van der Waals surface area (Å²) in [6, 6.07) is 12.0. The van der Waals surface area contributed by atoms with Crippen LogP contribution in [0.2, 0.25) is 0 Å². The molecule has 5 nitrogen and oxygen atoms in total. The van der Waals surface area contributed by atoms with Crippen LogP contribution in [-0.4, -0.2) is 49.3 Å². The Bertz CT molecular complexity index is 842. The molecule has 2 aromatic carbocycles. The molecule has 5 heteroatoms. The molecule has 1 N–H and O–H groups in total. The van der Waals surface area contributed by atoms with Crippen LogP contribution in [-0.2, 0) is 9.53 Å². The maximum absolute atomic E-state index is 12.5. The minimum Gasteiger partial charge on any atom is -0.492 e. The Hall–Kier alpha value is -2.11. The van der Waals surface area contributed by atoms with Gasteiger partial charge in [-0.1, -0.05) is 31.0 Å². The molecule has 0 saturated heterocycles. The number of nitrogens with zero attached hydrogens (tertiary/aromatic N) is 1. The third-order valence-electron chi connectivity index (χ3n) is 6.23. The molecule has 29 heavy (non-hydrogen) atoms. The molecular formula is C24H33NO4. The second-order valence-corrected chi connectivity index (χ2v) is 8.41.